The molecule has 3 aliphatic rings. The fourth-order valence-corrected chi connectivity index (χ4v) is 6.30. The van der Waals surface area contributed by atoms with E-state index in [9.17, 15) is 0 Å². The Hall–Kier alpha value is -1.55. The summed E-state index contributed by atoms with van der Waals surface area (Å²) in [4.78, 5) is 5.47. The first-order valence-electron chi connectivity index (χ1n) is 12.8. The Morgan fingerprint density at radius 3 is 2.29 bits per heavy atom. The Morgan fingerprint density at radius 2 is 1.65 bits per heavy atom. The molecular weight excluding hydrogens is 382 g/mol. The molecule has 0 amide bonds. The Labute approximate surface area is 189 Å². The lowest BCUT2D eigenvalue weighted by atomic mass is 9.79. The summed E-state index contributed by atoms with van der Waals surface area (Å²) in [5, 5.41) is 8.27. The zero-order chi connectivity index (χ0) is 22.0. The van der Waals surface area contributed by atoms with E-state index in [1.54, 1.807) is 0 Å². The molecule has 1 aromatic rings. The van der Waals surface area contributed by atoms with Crippen LogP contribution in [-0.4, -0.2) is 48.6 Å². The van der Waals surface area contributed by atoms with Crippen LogP contribution >= 0.6 is 0 Å². The molecule has 1 saturated carbocycles. The predicted octanol–water partition coefficient (Wildman–Crippen LogP) is 6.06. The van der Waals surface area contributed by atoms with Crippen LogP contribution in [0.25, 0.3) is 0 Å². The van der Waals surface area contributed by atoms with Crippen molar-refractivity contribution >= 4 is 11.6 Å². The molecule has 1 unspecified atom stereocenters. The Balaban J connectivity index is 1.34. The number of likely N-dealkylation sites (tertiary alicyclic amines) is 1. The van der Waals surface area contributed by atoms with Crippen molar-refractivity contribution < 1.29 is 4.74 Å². The summed E-state index contributed by atoms with van der Waals surface area (Å²) in [7, 11) is 0. The summed E-state index contributed by atoms with van der Waals surface area (Å²) in [5.41, 5.74) is 2.81. The number of fused-ring (bicyclic) bond motifs is 1. The van der Waals surface area contributed by atoms with Crippen LogP contribution in [0.1, 0.15) is 84.1 Å². The van der Waals surface area contributed by atoms with E-state index in [-0.39, 0.29) is 6.10 Å². The molecule has 2 fully saturated rings. The predicted molar refractivity (Wildman–Crippen MR) is 130 cm³/mol. The number of hydrogen-bond donors (Lipinski definition) is 1. The third-order valence-electron chi connectivity index (χ3n) is 8.05. The van der Waals surface area contributed by atoms with Gasteiger partial charge in [0.2, 0.25) is 0 Å². The molecule has 31 heavy (non-hydrogen) atoms. The van der Waals surface area contributed by atoms with Crippen LogP contribution in [0.3, 0.4) is 0 Å². The van der Waals surface area contributed by atoms with E-state index < -0.39 is 0 Å². The number of para-hydroxylation sites is 1. The molecular formula is C27H43N3O. The molecule has 2 heterocycles. The monoisotopic (exact) mass is 425 g/mol. The first-order chi connectivity index (χ1) is 14.9. The van der Waals surface area contributed by atoms with Gasteiger partial charge in [0.25, 0.3) is 0 Å². The molecule has 1 aromatic carbocycles. The van der Waals surface area contributed by atoms with E-state index in [4.69, 9.17) is 10.1 Å². The highest BCUT2D eigenvalue weighted by atomic mass is 16.5. The molecule has 4 rings (SSSR count). The fraction of sp³-hybridized carbons (Fsp3) is 0.741. The van der Waals surface area contributed by atoms with E-state index in [1.807, 2.05) is 13.8 Å². The molecule has 1 N–H and O–H groups in total. The summed E-state index contributed by atoms with van der Waals surface area (Å²) < 4.78 is 5.67. The number of nitrogens with one attached hydrogen (secondary N) is 1. The second kappa shape index (κ2) is 9.94. The highest BCUT2D eigenvalue weighted by molar-refractivity contribution is 5.75. The van der Waals surface area contributed by atoms with Crippen molar-refractivity contribution in [1.82, 2.24) is 4.90 Å². The lowest BCUT2D eigenvalue weighted by Gasteiger charge is -2.43. The summed E-state index contributed by atoms with van der Waals surface area (Å²) in [6.07, 6.45) is 8.99. The molecule has 0 aromatic heterocycles. The molecule has 1 aliphatic carbocycles. The second-order valence-corrected chi connectivity index (χ2v) is 10.8. The third-order valence-corrected chi connectivity index (χ3v) is 8.05. The highest BCUT2D eigenvalue weighted by Crippen LogP contribution is 2.41. The van der Waals surface area contributed by atoms with Gasteiger partial charge in [0.15, 0.2) is 5.90 Å². The standard InChI is InChI=1S/C27H43N3O/c1-19(2)21-9-11-23(12-10-21)29-15-13-24(14-16-29)30-18-22(17-27(28)31-20(3)4)25-7-5-6-8-26(25)30/h5-8,19-24,28H,9-18H2,1-4H3. The number of nitrogens with zero attached hydrogens (tertiary/aromatic N) is 2. The maximum Gasteiger partial charge on any atom is 0.181 e. The molecule has 1 saturated heterocycles. The minimum atomic E-state index is 0.0835. The van der Waals surface area contributed by atoms with Crippen LogP contribution in [0, 0.1) is 17.2 Å². The Morgan fingerprint density at radius 1 is 0.968 bits per heavy atom. The molecule has 2 aliphatic heterocycles. The number of rotatable bonds is 6. The van der Waals surface area contributed by atoms with E-state index in [0.717, 1.165) is 24.4 Å². The number of benzene rings is 1. The molecule has 0 radical (unpaired) electrons. The van der Waals surface area contributed by atoms with Gasteiger partial charge in [0.1, 0.15) is 0 Å². The molecule has 1 atom stereocenters. The zero-order valence-corrected chi connectivity index (χ0v) is 20.1. The largest absolute Gasteiger partial charge is 0.478 e. The normalized spacial score (nSPS) is 27.7. The minimum absolute atomic E-state index is 0.0835. The van der Waals surface area contributed by atoms with Crippen molar-refractivity contribution in [3.63, 3.8) is 0 Å². The third kappa shape index (κ3) is 5.27. The van der Waals surface area contributed by atoms with Gasteiger partial charge in [-0.3, -0.25) is 5.41 Å². The van der Waals surface area contributed by atoms with Gasteiger partial charge < -0.3 is 14.5 Å². The summed E-state index contributed by atoms with van der Waals surface area (Å²) in [6.45, 7) is 12.3. The number of piperidine rings is 1. The van der Waals surface area contributed by atoms with Crippen molar-refractivity contribution in [3.05, 3.63) is 29.8 Å². The van der Waals surface area contributed by atoms with Crippen molar-refractivity contribution in [2.75, 3.05) is 24.5 Å². The topological polar surface area (TPSA) is 39.6 Å². The van der Waals surface area contributed by atoms with E-state index in [1.165, 1.54) is 62.9 Å². The maximum absolute atomic E-state index is 8.27. The highest BCUT2D eigenvalue weighted by Gasteiger charge is 2.36. The Kier molecular flexibility index (Phi) is 7.26. The molecule has 4 nitrogen and oxygen atoms in total. The first kappa shape index (κ1) is 22.6. The fourth-order valence-electron chi connectivity index (χ4n) is 6.30. The molecule has 0 bridgehead atoms. The first-order valence-corrected chi connectivity index (χ1v) is 12.8. The number of ether oxygens (including phenoxy) is 1. The van der Waals surface area contributed by atoms with Gasteiger partial charge >= 0.3 is 0 Å². The van der Waals surface area contributed by atoms with Gasteiger partial charge in [-0.15, -0.1) is 0 Å². The van der Waals surface area contributed by atoms with Gasteiger partial charge in [-0.1, -0.05) is 32.0 Å². The summed E-state index contributed by atoms with van der Waals surface area (Å²) in [5.74, 6) is 2.61. The van der Waals surface area contributed by atoms with Crippen LogP contribution < -0.4 is 4.90 Å². The van der Waals surface area contributed by atoms with Crippen molar-refractivity contribution in [1.29, 1.82) is 5.41 Å². The van der Waals surface area contributed by atoms with Gasteiger partial charge in [0.05, 0.1) is 6.10 Å². The van der Waals surface area contributed by atoms with Gasteiger partial charge in [0, 0.05) is 49.7 Å². The smallest absolute Gasteiger partial charge is 0.181 e. The van der Waals surface area contributed by atoms with Crippen molar-refractivity contribution in [3.8, 4) is 0 Å². The zero-order valence-electron chi connectivity index (χ0n) is 20.1. The minimum Gasteiger partial charge on any atom is -0.478 e. The molecule has 0 spiro atoms. The van der Waals surface area contributed by atoms with Crippen LogP contribution in [0.15, 0.2) is 24.3 Å². The van der Waals surface area contributed by atoms with Crippen LogP contribution in [0.4, 0.5) is 5.69 Å². The average Bonchev–Trinajstić information content (AvgIpc) is 3.12. The Bertz CT molecular complexity index is 730. The van der Waals surface area contributed by atoms with Gasteiger partial charge in [-0.05, 0) is 75.8 Å². The molecule has 172 valence electrons. The van der Waals surface area contributed by atoms with Crippen molar-refractivity contribution in [2.24, 2.45) is 11.8 Å². The second-order valence-electron chi connectivity index (χ2n) is 10.8. The maximum atomic E-state index is 8.27. The molecule has 4 heteroatoms. The van der Waals surface area contributed by atoms with Crippen LogP contribution in [-0.2, 0) is 4.74 Å². The average molecular weight is 426 g/mol. The van der Waals surface area contributed by atoms with E-state index >= 15 is 0 Å². The summed E-state index contributed by atoms with van der Waals surface area (Å²) >= 11 is 0. The lowest BCUT2D eigenvalue weighted by molar-refractivity contribution is 0.0977. The van der Waals surface area contributed by atoms with Crippen LogP contribution in [0.5, 0.6) is 0 Å². The SMILES string of the molecule is CC(C)OC(=N)CC1CN(C2CCN(C3CCC(C(C)C)CC3)CC2)c2ccccc21. The van der Waals surface area contributed by atoms with Gasteiger partial charge in [-0.2, -0.15) is 0 Å². The van der Waals surface area contributed by atoms with Gasteiger partial charge in [-0.25, -0.2) is 0 Å². The van der Waals surface area contributed by atoms with Crippen LogP contribution in [0.2, 0.25) is 0 Å². The number of hydrogen-bond acceptors (Lipinski definition) is 4. The van der Waals surface area contributed by atoms with Crippen molar-refractivity contribution in [2.45, 2.75) is 96.7 Å². The quantitative estimate of drug-likeness (QED) is 0.445. The van der Waals surface area contributed by atoms with E-state index in [2.05, 4.69) is 47.9 Å². The lowest BCUT2D eigenvalue weighted by Crippen LogP contribution is -2.49. The summed E-state index contributed by atoms with van der Waals surface area (Å²) in [6, 6.07) is 10.3. The number of anilines is 1. The van der Waals surface area contributed by atoms with E-state index in [0.29, 0.717) is 24.3 Å².